The molecule has 0 saturated heterocycles. The highest BCUT2D eigenvalue weighted by Gasteiger charge is 2.11. The molecule has 8 nitrogen and oxygen atoms in total. The number of benzene rings is 2. The summed E-state index contributed by atoms with van der Waals surface area (Å²) < 4.78 is 10.2. The van der Waals surface area contributed by atoms with Crippen LogP contribution in [0.2, 0.25) is 0 Å². The first-order chi connectivity index (χ1) is 11.5. The Labute approximate surface area is 137 Å². The Hall–Kier alpha value is -3.42. The molecule has 0 radical (unpaired) electrons. The second-order valence-electron chi connectivity index (χ2n) is 4.65. The summed E-state index contributed by atoms with van der Waals surface area (Å²) in [5, 5.41) is 14.9. The topological polar surface area (TPSA) is 103 Å². The van der Waals surface area contributed by atoms with Crippen LogP contribution in [0.3, 0.4) is 0 Å². The summed E-state index contributed by atoms with van der Waals surface area (Å²) >= 11 is 0. The summed E-state index contributed by atoms with van der Waals surface area (Å²) in [7, 11) is 1.45. The lowest BCUT2D eigenvalue weighted by Gasteiger charge is -2.08. The molecule has 0 heterocycles. The lowest BCUT2D eigenvalue weighted by molar-refractivity contribution is -0.384. The second-order valence-corrected chi connectivity index (χ2v) is 4.65. The molecule has 1 N–H and O–H groups in total. The average Bonchev–Trinajstić information content (AvgIpc) is 2.56. The Balaban J connectivity index is 2.15. The Morgan fingerprint density at radius 2 is 2.00 bits per heavy atom. The fourth-order valence-electron chi connectivity index (χ4n) is 1.91. The molecular weight excluding hydrogens is 314 g/mol. The highest BCUT2D eigenvalue weighted by Crippen LogP contribution is 2.28. The van der Waals surface area contributed by atoms with E-state index >= 15 is 0 Å². The van der Waals surface area contributed by atoms with Gasteiger partial charge < -0.3 is 9.47 Å². The zero-order valence-corrected chi connectivity index (χ0v) is 13.1. The number of hydrogen-bond donors (Lipinski definition) is 1. The van der Waals surface area contributed by atoms with Crippen LogP contribution in [0.15, 0.2) is 47.6 Å². The molecule has 8 heteroatoms. The van der Waals surface area contributed by atoms with E-state index in [0.29, 0.717) is 17.1 Å². The van der Waals surface area contributed by atoms with Crippen LogP contribution in [0.1, 0.15) is 12.5 Å². The van der Waals surface area contributed by atoms with E-state index in [0.717, 1.165) is 0 Å². The van der Waals surface area contributed by atoms with Gasteiger partial charge >= 0.3 is 5.97 Å². The number of para-hydroxylation sites is 2. The molecule has 0 aromatic heterocycles. The Morgan fingerprint density at radius 3 is 2.67 bits per heavy atom. The quantitative estimate of drug-likeness (QED) is 0.287. The predicted molar refractivity (Wildman–Crippen MR) is 88.6 cm³/mol. The molecule has 0 fully saturated rings. The Kier molecular flexibility index (Phi) is 5.45. The minimum atomic E-state index is -0.491. The molecule has 0 aliphatic rings. The molecule has 0 aliphatic heterocycles. The van der Waals surface area contributed by atoms with Crippen molar-refractivity contribution in [2.45, 2.75) is 6.92 Å². The van der Waals surface area contributed by atoms with Crippen molar-refractivity contribution in [1.29, 1.82) is 0 Å². The highest BCUT2D eigenvalue weighted by atomic mass is 16.6. The summed E-state index contributed by atoms with van der Waals surface area (Å²) in [5.41, 5.74) is 3.50. The maximum atomic E-state index is 11.0. The normalized spacial score (nSPS) is 10.4. The van der Waals surface area contributed by atoms with Crippen molar-refractivity contribution in [2.24, 2.45) is 5.10 Å². The smallest absolute Gasteiger partial charge is 0.308 e. The van der Waals surface area contributed by atoms with Gasteiger partial charge in [-0.05, 0) is 29.8 Å². The maximum Gasteiger partial charge on any atom is 0.308 e. The summed E-state index contributed by atoms with van der Waals surface area (Å²) in [6.07, 6.45) is 1.47. The molecule has 0 unspecified atom stereocenters. The van der Waals surface area contributed by atoms with Gasteiger partial charge in [-0.2, -0.15) is 5.10 Å². The van der Waals surface area contributed by atoms with Crippen molar-refractivity contribution < 1.29 is 19.2 Å². The van der Waals surface area contributed by atoms with Crippen molar-refractivity contribution in [1.82, 2.24) is 0 Å². The van der Waals surface area contributed by atoms with E-state index in [1.165, 1.54) is 26.3 Å². The van der Waals surface area contributed by atoms with Gasteiger partial charge in [-0.3, -0.25) is 20.3 Å². The number of nitro benzene ring substituents is 1. The number of rotatable bonds is 6. The minimum absolute atomic E-state index is 0.0718. The summed E-state index contributed by atoms with van der Waals surface area (Å²) in [6.45, 7) is 1.30. The van der Waals surface area contributed by atoms with Crippen LogP contribution in [-0.4, -0.2) is 24.2 Å². The second kappa shape index (κ2) is 7.73. The lowest BCUT2D eigenvalue weighted by atomic mass is 10.2. The molecule has 0 atom stereocenters. The number of nitro groups is 1. The fraction of sp³-hybridized carbons (Fsp3) is 0.125. The number of carbonyl (C=O) groups excluding carboxylic acids is 1. The minimum Gasteiger partial charge on any atom is -0.493 e. The lowest BCUT2D eigenvalue weighted by Crippen LogP contribution is -2.03. The number of esters is 1. The van der Waals surface area contributed by atoms with E-state index in [9.17, 15) is 14.9 Å². The molecule has 0 bridgehead atoms. The van der Waals surface area contributed by atoms with Crippen LogP contribution in [0.5, 0.6) is 11.5 Å². The number of hydrazone groups is 1. The van der Waals surface area contributed by atoms with E-state index in [4.69, 9.17) is 9.47 Å². The SMILES string of the molecule is COc1cc(C=NNc2ccccc2[N+](=O)[O-])ccc1OC(C)=O. The van der Waals surface area contributed by atoms with Gasteiger partial charge in [0.1, 0.15) is 5.69 Å². The van der Waals surface area contributed by atoms with Crippen LogP contribution >= 0.6 is 0 Å². The first-order valence-corrected chi connectivity index (χ1v) is 6.90. The first kappa shape index (κ1) is 16.9. The summed E-state index contributed by atoms with van der Waals surface area (Å²) in [6, 6.07) is 11.1. The fourth-order valence-corrected chi connectivity index (χ4v) is 1.91. The monoisotopic (exact) mass is 329 g/mol. The van der Waals surface area contributed by atoms with Gasteiger partial charge in [0.05, 0.1) is 18.2 Å². The van der Waals surface area contributed by atoms with Gasteiger partial charge in [0.2, 0.25) is 0 Å². The first-order valence-electron chi connectivity index (χ1n) is 6.90. The van der Waals surface area contributed by atoms with Gasteiger partial charge in [-0.1, -0.05) is 12.1 Å². The van der Waals surface area contributed by atoms with Crippen molar-refractivity contribution in [3.05, 3.63) is 58.1 Å². The van der Waals surface area contributed by atoms with Crippen molar-refractivity contribution >= 4 is 23.6 Å². The number of anilines is 1. The van der Waals surface area contributed by atoms with E-state index in [1.807, 2.05) is 0 Å². The van der Waals surface area contributed by atoms with Crippen LogP contribution in [0.4, 0.5) is 11.4 Å². The summed E-state index contributed by atoms with van der Waals surface area (Å²) in [4.78, 5) is 21.4. The third-order valence-corrected chi connectivity index (χ3v) is 2.94. The average molecular weight is 329 g/mol. The molecule has 2 aromatic carbocycles. The Bertz CT molecular complexity index is 789. The molecule has 0 saturated carbocycles. The van der Waals surface area contributed by atoms with Gasteiger partial charge in [0, 0.05) is 13.0 Å². The largest absolute Gasteiger partial charge is 0.493 e. The number of hydrogen-bond acceptors (Lipinski definition) is 7. The Morgan fingerprint density at radius 1 is 1.25 bits per heavy atom. The zero-order chi connectivity index (χ0) is 17.5. The van der Waals surface area contributed by atoms with E-state index in [1.54, 1.807) is 36.4 Å². The predicted octanol–water partition coefficient (Wildman–Crippen LogP) is 2.97. The van der Waals surface area contributed by atoms with Crippen molar-refractivity contribution in [3.8, 4) is 11.5 Å². The van der Waals surface area contributed by atoms with Gasteiger partial charge in [-0.15, -0.1) is 0 Å². The molecular formula is C16H15N3O5. The number of nitrogens with one attached hydrogen (secondary N) is 1. The molecule has 2 rings (SSSR count). The van der Waals surface area contributed by atoms with E-state index < -0.39 is 10.9 Å². The summed E-state index contributed by atoms with van der Waals surface area (Å²) in [5.74, 6) is 0.224. The molecule has 0 aliphatic carbocycles. The number of nitrogens with zero attached hydrogens (tertiary/aromatic N) is 2. The van der Waals surface area contributed by atoms with Gasteiger partial charge in [0.25, 0.3) is 5.69 Å². The van der Waals surface area contributed by atoms with E-state index in [2.05, 4.69) is 10.5 Å². The van der Waals surface area contributed by atoms with Crippen molar-refractivity contribution in [2.75, 3.05) is 12.5 Å². The third kappa shape index (κ3) is 4.29. The van der Waals surface area contributed by atoms with Crippen LogP contribution < -0.4 is 14.9 Å². The molecule has 0 spiro atoms. The van der Waals surface area contributed by atoms with Gasteiger partial charge in [-0.25, -0.2) is 0 Å². The standard InChI is InChI=1S/C16H15N3O5/c1-11(20)24-15-8-7-12(9-16(15)23-2)10-17-18-13-5-3-4-6-14(13)19(21)22/h3-10,18H,1-2H3. The third-order valence-electron chi connectivity index (χ3n) is 2.94. The number of methoxy groups -OCH3 is 1. The number of ether oxygens (including phenoxy) is 2. The van der Waals surface area contributed by atoms with Crippen LogP contribution in [-0.2, 0) is 4.79 Å². The van der Waals surface area contributed by atoms with Crippen molar-refractivity contribution in [3.63, 3.8) is 0 Å². The molecule has 0 amide bonds. The van der Waals surface area contributed by atoms with E-state index in [-0.39, 0.29) is 11.4 Å². The highest BCUT2D eigenvalue weighted by molar-refractivity contribution is 5.82. The van der Waals surface area contributed by atoms with Crippen LogP contribution in [0.25, 0.3) is 0 Å². The molecule has 124 valence electrons. The molecule has 2 aromatic rings. The van der Waals surface area contributed by atoms with Gasteiger partial charge in [0.15, 0.2) is 11.5 Å². The molecule has 24 heavy (non-hydrogen) atoms. The zero-order valence-electron chi connectivity index (χ0n) is 13.1. The number of carbonyl (C=O) groups is 1. The maximum absolute atomic E-state index is 11.0. The van der Waals surface area contributed by atoms with Crippen LogP contribution in [0, 0.1) is 10.1 Å².